The van der Waals surface area contributed by atoms with Gasteiger partial charge in [-0.15, -0.1) is 0 Å². The molecule has 0 radical (unpaired) electrons. The van der Waals surface area contributed by atoms with Crippen molar-refractivity contribution in [3.8, 4) is 17.9 Å². The molecule has 0 bridgehead atoms. The molecule has 0 amide bonds. The number of halogens is 1. The average molecular weight is 342 g/mol. The standard InChI is InChI=1S/C16H12BrN3O/c1-21-16-5-3-11(8-18)6-13(16)10-20-15-4-2-12(9-19)7-14(15)17/h2-7,20H,10H2,1H3. The first-order chi connectivity index (χ1) is 10.2. The molecule has 5 heteroatoms. The van der Waals surface area contributed by atoms with Crippen LogP contribution in [0, 0.1) is 22.7 Å². The van der Waals surface area contributed by atoms with Gasteiger partial charge >= 0.3 is 0 Å². The molecule has 0 atom stereocenters. The van der Waals surface area contributed by atoms with Crippen LogP contribution in [0.2, 0.25) is 0 Å². The normalized spacial score (nSPS) is 9.52. The molecule has 0 spiro atoms. The second-order valence-electron chi connectivity index (χ2n) is 4.30. The van der Waals surface area contributed by atoms with Gasteiger partial charge in [-0.1, -0.05) is 0 Å². The fourth-order valence-electron chi connectivity index (χ4n) is 1.90. The molecule has 2 aromatic carbocycles. The summed E-state index contributed by atoms with van der Waals surface area (Å²) in [6.45, 7) is 0.517. The van der Waals surface area contributed by atoms with E-state index in [2.05, 4.69) is 33.4 Å². The van der Waals surface area contributed by atoms with Crippen molar-refractivity contribution in [2.75, 3.05) is 12.4 Å². The molecule has 2 aromatic rings. The van der Waals surface area contributed by atoms with Gasteiger partial charge in [0.25, 0.3) is 0 Å². The van der Waals surface area contributed by atoms with E-state index in [4.69, 9.17) is 15.3 Å². The fraction of sp³-hybridized carbons (Fsp3) is 0.125. The van der Waals surface area contributed by atoms with Crippen LogP contribution in [0.5, 0.6) is 5.75 Å². The Hall–Kier alpha value is -2.50. The third kappa shape index (κ3) is 3.53. The van der Waals surface area contributed by atoms with Crippen molar-refractivity contribution in [3.63, 3.8) is 0 Å². The van der Waals surface area contributed by atoms with Crippen LogP contribution in [0.3, 0.4) is 0 Å². The van der Waals surface area contributed by atoms with Gasteiger partial charge in [-0.2, -0.15) is 10.5 Å². The summed E-state index contributed by atoms with van der Waals surface area (Å²) in [7, 11) is 1.60. The SMILES string of the molecule is COc1ccc(C#N)cc1CNc1ccc(C#N)cc1Br. The number of methoxy groups -OCH3 is 1. The third-order valence-corrected chi connectivity index (χ3v) is 3.63. The van der Waals surface area contributed by atoms with Crippen molar-refractivity contribution in [2.24, 2.45) is 0 Å². The average Bonchev–Trinajstić information content (AvgIpc) is 2.53. The van der Waals surface area contributed by atoms with E-state index in [9.17, 15) is 0 Å². The van der Waals surface area contributed by atoms with E-state index in [0.717, 1.165) is 21.5 Å². The third-order valence-electron chi connectivity index (χ3n) is 2.98. The van der Waals surface area contributed by atoms with E-state index in [0.29, 0.717) is 17.7 Å². The Balaban J connectivity index is 2.20. The van der Waals surface area contributed by atoms with Crippen molar-refractivity contribution in [1.82, 2.24) is 0 Å². The Labute approximate surface area is 131 Å². The van der Waals surface area contributed by atoms with E-state index >= 15 is 0 Å². The molecule has 0 aromatic heterocycles. The van der Waals surface area contributed by atoms with Gasteiger partial charge in [-0.05, 0) is 52.3 Å². The summed E-state index contributed by atoms with van der Waals surface area (Å²) in [4.78, 5) is 0. The Kier molecular flexibility index (Phi) is 4.81. The Morgan fingerprint density at radius 2 is 1.76 bits per heavy atom. The monoisotopic (exact) mass is 341 g/mol. The maximum atomic E-state index is 8.96. The summed E-state index contributed by atoms with van der Waals surface area (Å²) in [5.74, 6) is 0.728. The van der Waals surface area contributed by atoms with Crippen molar-refractivity contribution in [1.29, 1.82) is 10.5 Å². The molecule has 4 nitrogen and oxygen atoms in total. The predicted molar refractivity (Wildman–Crippen MR) is 83.9 cm³/mol. The van der Waals surface area contributed by atoms with E-state index in [-0.39, 0.29) is 0 Å². The molecule has 21 heavy (non-hydrogen) atoms. The highest BCUT2D eigenvalue weighted by molar-refractivity contribution is 9.10. The first kappa shape index (κ1) is 14.9. The van der Waals surface area contributed by atoms with Crippen LogP contribution in [0.25, 0.3) is 0 Å². The van der Waals surface area contributed by atoms with Gasteiger partial charge in [0.1, 0.15) is 5.75 Å². The minimum absolute atomic E-state index is 0.517. The van der Waals surface area contributed by atoms with Crippen LogP contribution >= 0.6 is 15.9 Å². The lowest BCUT2D eigenvalue weighted by atomic mass is 10.1. The molecule has 0 saturated heterocycles. The van der Waals surface area contributed by atoms with E-state index in [1.54, 1.807) is 37.4 Å². The van der Waals surface area contributed by atoms with Gasteiger partial charge in [0.15, 0.2) is 0 Å². The zero-order chi connectivity index (χ0) is 15.2. The van der Waals surface area contributed by atoms with E-state index in [1.165, 1.54) is 0 Å². The summed E-state index contributed by atoms with van der Waals surface area (Å²) in [6, 6.07) is 14.8. The summed E-state index contributed by atoms with van der Waals surface area (Å²) < 4.78 is 6.11. The molecule has 0 aliphatic carbocycles. The van der Waals surface area contributed by atoms with Crippen LogP contribution in [0.1, 0.15) is 16.7 Å². The number of rotatable bonds is 4. The molecule has 0 aliphatic heterocycles. The molecule has 0 unspecified atom stereocenters. The molecular weight excluding hydrogens is 330 g/mol. The van der Waals surface area contributed by atoms with E-state index in [1.807, 2.05) is 6.07 Å². The number of nitrogens with zero attached hydrogens (tertiary/aromatic N) is 2. The molecule has 1 N–H and O–H groups in total. The van der Waals surface area contributed by atoms with Crippen molar-refractivity contribution in [2.45, 2.75) is 6.54 Å². The Morgan fingerprint density at radius 3 is 2.38 bits per heavy atom. The highest BCUT2D eigenvalue weighted by Crippen LogP contribution is 2.26. The largest absolute Gasteiger partial charge is 0.496 e. The Bertz CT molecular complexity index is 744. The smallest absolute Gasteiger partial charge is 0.123 e. The van der Waals surface area contributed by atoms with Crippen LogP contribution in [0.15, 0.2) is 40.9 Å². The molecule has 0 heterocycles. The van der Waals surface area contributed by atoms with Crippen LogP contribution in [-0.4, -0.2) is 7.11 Å². The summed E-state index contributed by atoms with van der Waals surface area (Å²) in [6.07, 6.45) is 0. The lowest BCUT2D eigenvalue weighted by Crippen LogP contribution is -2.03. The lowest BCUT2D eigenvalue weighted by molar-refractivity contribution is 0.410. The van der Waals surface area contributed by atoms with E-state index < -0.39 is 0 Å². The highest BCUT2D eigenvalue weighted by atomic mass is 79.9. The second-order valence-corrected chi connectivity index (χ2v) is 5.15. The molecular formula is C16H12BrN3O. The molecule has 2 rings (SSSR count). The lowest BCUT2D eigenvalue weighted by Gasteiger charge is -2.12. The Morgan fingerprint density at radius 1 is 1.10 bits per heavy atom. The number of hydrogen-bond donors (Lipinski definition) is 1. The number of hydrogen-bond acceptors (Lipinski definition) is 4. The maximum absolute atomic E-state index is 8.96. The number of nitrogens with one attached hydrogen (secondary N) is 1. The minimum Gasteiger partial charge on any atom is -0.496 e. The van der Waals surface area contributed by atoms with Gasteiger partial charge in [-0.25, -0.2) is 0 Å². The van der Waals surface area contributed by atoms with Gasteiger partial charge in [0, 0.05) is 22.3 Å². The first-order valence-electron chi connectivity index (χ1n) is 6.18. The van der Waals surface area contributed by atoms with Gasteiger partial charge < -0.3 is 10.1 Å². The highest BCUT2D eigenvalue weighted by Gasteiger charge is 2.06. The van der Waals surface area contributed by atoms with Crippen molar-refractivity contribution < 1.29 is 4.74 Å². The molecule has 104 valence electrons. The first-order valence-corrected chi connectivity index (χ1v) is 6.97. The fourth-order valence-corrected chi connectivity index (χ4v) is 2.42. The van der Waals surface area contributed by atoms with Crippen LogP contribution < -0.4 is 10.1 Å². The molecule has 0 aliphatic rings. The minimum atomic E-state index is 0.517. The van der Waals surface area contributed by atoms with Crippen molar-refractivity contribution in [3.05, 3.63) is 57.6 Å². The maximum Gasteiger partial charge on any atom is 0.123 e. The zero-order valence-corrected chi connectivity index (χ0v) is 12.9. The second kappa shape index (κ2) is 6.78. The number of nitriles is 2. The molecule has 0 saturated carbocycles. The van der Waals surface area contributed by atoms with Crippen molar-refractivity contribution >= 4 is 21.6 Å². The van der Waals surface area contributed by atoms with Gasteiger partial charge in [0.05, 0.1) is 30.4 Å². The van der Waals surface area contributed by atoms with Gasteiger partial charge in [-0.3, -0.25) is 0 Å². The summed E-state index contributed by atoms with van der Waals surface area (Å²) in [5.41, 5.74) is 2.95. The summed E-state index contributed by atoms with van der Waals surface area (Å²) >= 11 is 3.43. The topological polar surface area (TPSA) is 68.8 Å². The van der Waals surface area contributed by atoms with Gasteiger partial charge in [0.2, 0.25) is 0 Å². The van der Waals surface area contributed by atoms with Crippen LogP contribution in [0.4, 0.5) is 5.69 Å². The number of benzene rings is 2. The molecule has 0 fully saturated rings. The van der Waals surface area contributed by atoms with Crippen LogP contribution in [-0.2, 0) is 6.54 Å². The predicted octanol–water partition coefficient (Wildman–Crippen LogP) is 3.81. The summed E-state index contributed by atoms with van der Waals surface area (Å²) in [5, 5.41) is 21.1. The zero-order valence-electron chi connectivity index (χ0n) is 11.4. The number of ether oxygens (including phenoxy) is 1. The quantitative estimate of drug-likeness (QED) is 0.917. The number of anilines is 1.